The predicted molar refractivity (Wildman–Crippen MR) is 71.3 cm³/mol. The lowest BCUT2D eigenvalue weighted by Gasteiger charge is -2.54. The van der Waals surface area contributed by atoms with E-state index >= 15 is 0 Å². The van der Waals surface area contributed by atoms with E-state index in [1.54, 1.807) is 0 Å². The standard InChI is InChI=1S/C16H19N3/c1-9-8-18-14(7-17)19-16(9)15-12-3-10-2-11(5-12)6-13(15)4-10/h8,10-13,15H,2-6H2,1H3. The maximum Gasteiger partial charge on any atom is 0.232 e. The van der Waals surface area contributed by atoms with Gasteiger partial charge in [0.05, 0.1) is 5.69 Å². The van der Waals surface area contributed by atoms with Gasteiger partial charge < -0.3 is 0 Å². The maximum atomic E-state index is 9.03. The molecule has 4 saturated carbocycles. The van der Waals surface area contributed by atoms with Crippen LogP contribution in [-0.2, 0) is 0 Å². The Morgan fingerprint density at radius 2 is 1.74 bits per heavy atom. The molecule has 4 bridgehead atoms. The number of hydrogen-bond donors (Lipinski definition) is 0. The summed E-state index contributed by atoms with van der Waals surface area (Å²) in [6.07, 6.45) is 8.88. The molecule has 4 aliphatic rings. The van der Waals surface area contributed by atoms with Crippen LogP contribution in [0.1, 0.15) is 55.1 Å². The summed E-state index contributed by atoms with van der Waals surface area (Å²) < 4.78 is 0. The number of nitriles is 1. The van der Waals surface area contributed by atoms with Crippen LogP contribution < -0.4 is 0 Å². The molecule has 1 aromatic rings. The van der Waals surface area contributed by atoms with Crippen molar-refractivity contribution in [2.24, 2.45) is 23.7 Å². The molecule has 1 aromatic heterocycles. The van der Waals surface area contributed by atoms with E-state index in [0.717, 1.165) is 23.7 Å². The van der Waals surface area contributed by atoms with Gasteiger partial charge >= 0.3 is 0 Å². The van der Waals surface area contributed by atoms with Crippen molar-refractivity contribution in [1.29, 1.82) is 5.26 Å². The Morgan fingerprint density at radius 1 is 1.11 bits per heavy atom. The van der Waals surface area contributed by atoms with Crippen LogP contribution in [0.5, 0.6) is 0 Å². The highest BCUT2D eigenvalue weighted by Crippen LogP contribution is 2.59. The van der Waals surface area contributed by atoms with Crippen LogP contribution in [0.25, 0.3) is 0 Å². The van der Waals surface area contributed by atoms with Gasteiger partial charge in [0, 0.05) is 12.1 Å². The number of rotatable bonds is 1. The fourth-order valence-electron chi connectivity index (χ4n) is 5.22. The summed E-state index contributed by atoms with van der Waals surface area (Å²) in [6.45, 7) is 2.10. The highest BCUT2D eigenvalue weighted by molar-refractivity contribution is 5.27. The van der Waals surface area contributed by atoms with Gasteiger partial charge in [-0.1, -0.05) is 0 Å². The van der Waals surface area contributed by atoms with Crippen molar-refractivity contribution in [2.75, 3.05) is 0 Å². The highest BCUT2D eigenvalue weighted by atomic mass is 14.9. The van der Waals surface area contributed by atoms with Gasteiger partial charge in [0.15, 0.2) is 0 Å². The second-order valence-electron chi connectivity index (χ2n) is 6.83. The first-order chi connectivity index (χ1) is 9.24. The van der Waals surface area contributed by atoms with Gasteiger partial charge in [-0.15, -0.1) is 0 Å². The van der Waals surface area contributed by atoms with Crippen molar-refractivity contribution in [3.05, 3.63) is 23.3 Å². The minimum atomic E-state index is 0.342. The molecule has 0 unspecified atom stereocenters. The first kappa shape index (κ1) is 11.4. The van der Waals surface area contributed by atoms with E-state index in [-0.39, 0.29) is 0 Å². The topological polar surface area (TPSA) is 49.6 Å². The maximum absolute atomic E-state index is 9.03. The normalized spacial score (nSPS) is 39.3. The number of aryl methyl sites for hydroxylation is 1. The van der Waals surface area contributed by atoms with Gasteiger partial charge in [0.1, 0.15) is 6.07 Å². The van der Waals surface area contributed by atoms with E-state index in [2.05, 4.69) is 23.0 Å². The van der Waals surface area contributed by atoms with Crippen molar-refractivity contribution in [1.82, 2.24) is 9.97 Å². The Morgan fingerprint density at radius 3 is 2.32 bits per heavy atom. The van der Waals surface area contributed by atoms with Crippen molar-refractivity contribution in [2.45, 2.75) is 44.9 Å². The largest absolute Gasteiger partial charge is 0.232 e. The van der Waals surface area contributed by atoms with Crippen LogP contribution in [0.15, 0.2) is 6.20 Å². The van der Waals surface area contributed by atoms with Crippen LogP contribution in [0.3, 0.4) is 0 Å². The fourth-order valence-corrected chi connectivity index (χ4v) is 5.22. The van der Waals surface area contributed by atoms with E-state index in [4.69, 9.17) is 5.26 Å². The number of nitrogens with zero attached hydrogens (tertiary/aromatic N) is 3. The Hall–Kier alpha value is -1.43. The first-order valence-electron chi connectivity index (χ1n) is 7.48. The van der Waals surface area contributed by atoms with E-state index in [0.29, 0.717) is 11.7 Å². The SMILES string of the molecule is Cc1cnc(C#N)nc1C1C2CC3CC(C2)CC1C3. The molecule has 1 heterocycles. The molecule has 0 spiro atoms. The van der Waals surface area contributed by atoms with Crippen LogP contribution in [-0.4, -0.2) is 9.97 Å². The lowest BCUT2D eigenvalue weighted by Crippen LogP contribution is -2.44. The van der Waals surface area contributed by atoms with Gasteiger partial charge in [-0.2, -0.15) is 5.26 Å². The van der Waals surface area contributed by atoms with Crippen LogP contribution in [0.2, 0.25) is 0 Å². The average Bonchev–Trinajstić information content (AvgIpc) is 2.39. The van der Waals surface area contributed by atoms with Crippen molar-refractivity contribution in [3.8, 4) is 6.07 Å². The second kappa shape index (κ2) is 4.03. The third-order valence-electron chi connectivity index (χ3n) is 5.65. The monoisotopic (exact) mass is 253 g/mol. The summed E-state index contributed by atoms with van der Waals surface area (Å²) >= 11 is 0. The minimum Gasteiger partial charge on any atom is -0.227 e. The zero-order valence-corrected chi connectivity index (χ0v) is 11.3. The third kappa shape index (κ3) is 1.69. The van der Waals surface area contributed by atoms with Gasteiger partial charge in [-0.3, -0.25) is 0 Å². The molecule has 4 aliphatic carbocycles. The Labute approximate surface area is 114 Å². The van der Waals surface area contributed by atoms with Gasteiger partial charge in [-0.05, 0) is 68.3 Å². The van der Waals surface area contributed by atoms with Gasteiger partial charge in [-0.25, -0.2) is 9.97 Å². The molecule has 0 amide bonds. The summed E-state index contributed by atoms with van der Waals surface area (Å²) in [5.74, 6) is 4.54. The fraction of sp³-hybridized carbons (Fsp3) is 0.688. The molecule has 0 radical (unpaired) electrons. The Kier molecular flexibility index (Phi) is 2.42. The lowest BCUT2D eigenvalue weighted by molar-refractivity contribution is -0.00443. The highest BCUT2D eigenvalue weighted by Gasteiger charge is 2.49. The lowest BCUT2D eigenvalue weighted by atomic mass is 9.51. The van der Waals surface area contributed by atoms with E-state index < -0.39 is 0 Å². The molecular weight excluding hydrogens is 234 g/mol. The molecule has 0 aromatic carbocycles. The summed E-state index contributed by atoms with van der Waals surface area (Å²) in [5.41, 5.74) is 2.36. The zero-order chi connectivity index (χ0) is 13.0. The number of aromatic nitrogens is 2. The molecule has 19 heavy (non-hydrogen) atoms. The molecule has 5 rings (SSSR count). The Balaban J connectivity index is 1.75. The summed E-state index contributed by atoms with van der Waals surface area (Å²) in [4.78, 5) is 8.66. The van der Waals surface area contributed by atoms with Crippen molar-refractivity contribution >= 4 is 0 Å². The van der Waals surface area contributed by atoms with Crippen LogP contribution in [0, 0.1) is 41.9 Å². The molecule has 98 valence electrons. The molecule has 3 heteroatoms. The van der Waals surface area contributed by atoms with Crippen LogP contribution >= 0.6 is 0 Å². The molecule has 0 N–H and O–H groups in total. The smallest absolute Gasteiger partial charge is 0.227 e. The van der Waals surface area contributed by atoms with Gasteiger partial charge in [0.2, 0.25) is 5.82 Å². The average molecular weight is 253 g/mol. The predicted octanol–water partition coefficient (Wildman–Crippen LogP) is 3.20. The Bertz CT molecular complexity index is 530. The molecule has 0 atom stereocenters. The molecule has 4 fully saturated rings. The summed E-state index contributed by atoms with van der Waals surface area (Å²) in [6, 6.07) is 2.09. The number of hydrogen-bond acceptors (Lipinski definition) is 3. The van der Waals surface area contributed by atoms with Gasteiger partial charge in [0.25, 0.3) is 0 Å². The molecule has 3 nitrogen and oxygen atoms in total. The first-order valence-corrected chi connectivity index (χ1v) is 7.48. The van der Waals surface area contributed by atoms with E-state index in [1.165, 1.54) is 43.4 Å². The molecule has 0 aliphatic heterocycles. The second-order valence-corrected chi connectivity index (χ2v) is 6.83. The van der Waals surface area contributed by atoms with E-state index in [1.807, 2.05) is 6.20 Å². The quantitative estimate of drug-likeness (QED) is 0.772. The minimum absolute atomic E-state index is 0.342. The van der Waals surface area contributed by atoms with Crippen molar-refractivity contribution in [3.63, 3.8) is 0 Å². The van der Waals surface area contributed by atoms with Crippen molar-refractivity contribution < 1.29 is 0 Å². The van der Waals surface area contributed by atoms with E-state index in [9.17, 15) is 0 Å². The van der Waals surface area contributed by atoms with Crippen LogP contribution in [0.4, 0.5) is 0 Å². The molecule has 0 saturated heterocycles. The third-order valence-corrected chi connectivity index (χ3v) is 5.65. The summed E-state index contributed by atoms with van der Waals surface area (Å²) in [7, 11) is 0. The summed E-state index contributed by atoms with van der Waals surface area (Å²) in [5, 5.41) is 9.03. The zero-order valence-electron chi connectivity index (χ0n) is 11.3. The molecular formula is C16H19N3.